The fraction of sp³-hybridized carbons (Fsp3) is 0.474. The van der Waals surface area contributed by atoms with Gasteiger partial charge >= 0.3 is 0 Å². The molecule has 0 spiro atoms. The molecular formula is C19H25N3OS. The molecule has 128 valence electrons. The van der Waals surface area contributed by atoms with Crippen LogP contribution in [0.3, 0.4) is 0 Å². The minimum Gasteiger partial charge on any atom is -0.351 e. The second kappa shape index (κ2) is 6.20. The van der Waals surface area contributed by atoms with Crippen LogP contribution in [0.2, 0.25) is 0 Å². The molecule has 0 saturated heterocycles. The Labute approximate surface area is 149 Å². The number of likely N-dealkylation sites (N-methyl/N-ethyl adjacent to an activating group) is 1. The summed E-state index contributed by atoms with van der Waals surface area (Å²) in [6.07, 6.45) is 2.27. The first-order chi connectivity index (χ1) is 11.3. The van der Waals surface area contributed by atoms with Gasteiger partial charge in [0.15, 0.2) is 5.11 Å². The Morgan fingerprint density at radius 1 is 1.21 bits per heavy atom. The highest BCUT2D eigenvalue weighted by atomic mass is 32.1. The predicted molar refractivity (Wildman–Crippen MR) is 101 cm³/mol. The maximum absolute atomic E-state index is 12.9. The monoisotopic (exact) mass is 343 g/mol. The van der Waals surface area contributed by atoms with Crippen molar-refractivity contribution in [3.63, 3.8) is 0 Å². The van der Waals surface area contributed by atoms with Crippen LogP contribution in [0.1, 0.15) is 42.5 Å². The summed E-state index contributed by atoms with van der Waals surface area (Å²) in [6, 6.07) is 6.59. The van der Waals surface area contributed by atoms with Gasteiger partial charge in [-0.05, 0) is 62.5 Å². The maximum atomic E-state index is 12.9. The van der Waals surface area contributed by atoms with Crippen molar-refractivity contribution in [3.8, 4) is 0 Å². The van der Waals surface area contributed by atoms with Gasteiger partial charge in [-0.25, -0.2) is 0 Å². The number of carbonyl (C=O) groups excluding carboxylic acids is 1. The third-order valence-corrected chi connectivity index (χ3v) is 5.25. The van der Waals surface area contributed by atoms with E-state index in [4.69, 9.17) is 12.2 Å². The van der Waals surface area contributed by atoms with E-state index in [-0.39, 0.29) is 11.9 Å². The summed E-state index contributed by atoms with van der Waals surface area (Å²) >= 11 is 5.62. The number of carbonyl (C=O) groups is 1. The number of rotatable bonds is 3. The summed E-state index contributed by atoms with van der Waals surface area (Å²) in [6.45, 7) is 6.22. The maximum Gasteiger partial charge on any atom is 0.253 e. The first-order valence-electron chi connectivity index (χ1n) is 8.40. The Morgan fingerprint density at radius 2 is 1.88 bits per heavy atom. The average Bonchev–Trinajstić information content (AvgIpc) is 3.33. The van der Waals surface area contributed by atoms with Crippen molar-refractivity contribution in [1.29, 1.82) is 0 Å². The number of hydrogen-bond donors (Lipinski definition) is 1. The van der Waals surface area contributed by atoms with Gasteiger partial charge in [-0.15, -0.1) is 0 Å². The van der Waals surface area contributed by atoms with Gasteiger partial charge in [0.1, 0.15) is 0 Å². The molecule has 1 fully saturated rings. The number of benzene rings is 1. The number of nitrogens with zero attached hydrogens (tertiary/aromatic N) is 2. The average molecular weight is 343 g/mol. The van der Waals surface area contributed by atoms with Crippen molar-refractivity contribution in [2.75, 3.05) is 14.1 Å². The van der Waals surface area contributed by atoms with Gasteiger partial charge in [0, 0.05) is 25.8 Å². The van der Waals surface area contributed by atoms with E-state index in [9.17, 15) is 4.79 Å². The van der Waals surface area contributed by atoms with Crippen LogP contribution in [0.4, 0.5) is 0 Å². The highest BCUT2D eigenvalue weighted by Gasteiger charge is 2.40. The normalized spacial score (nSPS) is 21.0. The van der Waals surface area contributed by atoms with Crippen LogP contribution in [0, 0.1) is 13.8 Å². The minimum atomic E-state index is -0.193. The molecule has 1 atom stereocenters. The van der Waals surface area contributed by atoms with Gasteiger partial charge in [-0.1, -0.05) is 18.2 Å². The third-order valence-electron chi connectivity index (χ3n) is 4.94. The van der Waals surface area contributed by atoms with Gasteiger partial charge in [0.25, 0.3) is 5.91 Å². The van der Waals surface area contributed by atoms with E-state index in [0.29, 0.717) is 6.04 Å². The number of aryl methyl sites for hydroxylation is 2. The SMILES string of the molecule is CC1=C(C(=O)N(C)C)C(c2ccc(C)c(C)c2)NC(=S)N1C1CC1. The molecule has 1 saturated carbocycles. The molecule has 4 nitrogen and oxygen atoms in total. The van der Waals surface area contributed by atoms with Gasteiger partial charge in [0.05, 0.1) is 11.6 Å². The topological polar surface area (TPSA) is 35.6 Å². The molecule has 1 aromatic rings. The van der Waals surface area contributed by atoms with Crippen molar-refractivity contribution in [3.05, 3.63) is 46.2 Å². The zero-order chi connectivity index (χ0) is 17.6. The molecule has 3 rings (SSSR count). The molecule has 5 heteroatoms. The van der Waals surface area contributed by atoms with Crippen molar-refractivity contribution in [1.82, 2.24) is 15.1 Å². The van der Waals surface area contributed by atoms with Gasteiger partial charge < -0.3 is 15.1 Å². The van der Waals surface area contributed by atoms with Crippen molar-refractivity contribution in [2.45, 2.75) is 45.7 Å². The Hall–Kier alpha value is -1.88. The number of thiocarbonyl (C=S) groups is 1. The predicted octanol–water partition coefficient (Wildman–Crippen LogP) is 3.06. The van der Waals surface area contributed by atoms with Crippen LogP contribution in [0.15, 0.2) is 29.5 Å². The van der Waals surface area contributed by atoms with E-state index in [2.05, 4.69) is 42.3 Å². The quantitative estimate of drug-likeness (QED) is 0.856. The first kappa shape index (κ1) is 17.0. The fourth-order valence-corrected chi connectivity index (χ4v) is 3.65. The molecule has 1 heterocycles. The second-order valence-corrected chi connectivity index (χ2v) is 7.41. The Bertz CT molecular complexity index is 734. The number of allylic oxidation sites excluding steroid dienone is 1. The van der Waals surface area contributed by atoms with E-state index < -0.39 is 0 Å². The Kier molecular flexibility index (Phi) is 4.38. The van der Waals surface area contributed by atoms with E-state index in [1.165, 1.54) is 11.1 Å². The molecule has 1 aliphatic heterocycles. The molecule has 1 aromatic carbocycles. The summed E-state index contributed by atoms with van der Waals surface area (Å²) in [5.41, 5.74) is 5.34. The van der Waals surface area contributed by atoms with Crippen LogP contribution in [0.25, 0.3) is 0 Å². The molecule has 0 bridgehead atoms. The minimum absolute atomic E-state index is 0.0383. The zero-order valence-electron chi connectivity index (χ0n) is 15.0. The van der Waals surface area contributed by atoms with E-state index in [0.717, 1.165) is 34.8 Å². The van der Waals surface area contributed by atoms with Crippen molar-refractivity contribution in [2.24, 2.45) is 0 Å². The summed E-state index contributed by atoms with van der Waals surface area (Å²) in [5, 5.41) is 4.15. The van der Waals surface area contributed by atoms with Crippen LogP contribution in [-0.4, -0.2) is 41.0 Å². The van der Waals surface area contributed by atoms with Crippen LogP contribution in [-0.2, 0) is 4.79 Å². The summed E-state index contributed by atoms with van der Waals surface area (Å²) < 4.78 is 0. The number of amides is 1. The summed E-state index contributed by atoms with van der Waals surface area (Å²) in [7, 11) is 3.60. The highest BCUT2D eigenvalue weighted by molar-refractivity contribution is 7.80. The zero-order valence-corrected chi connectivity index (χ0v) is 15.8. The number of nitrogens with one attached hydrogen (secondary N) is 1. The van der Waals surface area contributed by atoms with Crippen LogP contribution >= 0.6 is 12.2 Å². The van der Waals surface area contributed by atoms with Gasteiger partial charge in [-0.3, -0.25) is 4.79 Å². The lowest BCUT2D eigenvalue weighted by Gasteiger charge is -2.39. The molecule has 0 radical (unpaired) electrons. The largest absolute Gasteiger partial charge is 0.351 e. The highest BCUT2D eigenvalue weighted by Crippen LogP contribution is 2.38. The third kappa shape index (κ3) is 2.93. The second-order valence-electron chi connectivity index (χ2n) is 7.03. The molecular weight excluding hydrogens is 318 g/mol. The molecule has 1 N–H and O–H groups in total. The summed E-state index contributed by atoms with van der Waals surface area (Å²) in [5.74, 6) is 0.0383. The molecule has 1 aliphatic carbocycles. The summed E-state index contributed by atoms with van der Waals surface area (Å²) in [4.78, 5) is 16.7. The smallest absolute Gasteiger partial charge is 0.253 e. The Morgan fingerprint density at radius 3 is 2.42 bits per heavy atom. The molecule has 24 heavy (non-hydrogen) atoms. The standard InChI is InChI=1S/C19H25N3OS/c1-11-6-7-14(10-12(11)2)17-16(18(23)21(4)5)13(3)22(15-8-9-15)19(24)20-17/h6-7,10,15,17H,8-9H2,1-5H3,(H,20,24). The molecule has 0 aromatic heterocycles. The van der Waals surface area contributed by atoms with Crippen molar-refractivity contribution < 1.29 is 4.79 Å². The van der Waals surface area contributed by atoms with E-state index in [1.807, 2.05) is 6.92 Å². The first-order valence-corrected chi connectivity index (χ1v) is 8.81. The van der Waals surface area contributed by atoms with E-state index >= 15 is 0 Å². The van der Waals surface area contributed by atoms with Crippen LogP contribution in [0.5, 0.6) is 0 Å². The molecule has 1 unspecified atom stereocenters. The Balaban J connectivity index is 2.10. The number of hydrogen-bond acceptors (Lipinski definition) is 2. The lowest BCUT2D eigenvalue weighted by molar-refractivity contribution is -0.125. The van der Waals surface area contributed by atoms with E-state index in [1.54, 1.807) is 19.0 Å². The molecule has 1 amide bonds. The van der Waals surface area contributed by atoms with Crippen LogP contribution < -0.4 is 5.32 Å². The van der Waals surface area contributed by atoms with Crippen molar-refractivity contribution >= 4 is 23.2 Å². The van der Waals surface area contributed by atoms with Gasteiger partial charge in [0.2, 0.25) is 0 Å². The fourth-order valence-electron chi connectivity index (χ4n) is 3.24. The van der Waals surface area contributed by atoms with Gasteiger partial charge in [-0.2, -0.15) is 0 Å². The molecule has 2 aliphatic rings. The lowest BCUT2D eigenvalue weighted by Crippen LogP contribution is -2.49. The lowest BCUT2D eigenvalue weighted by atomic mass is 9.92.